The highest BCUT2D eigenvalue weighted by atomic mass is 35.5. The monoisotopic (exact) mass is 300 g/mol. The van der Waals surface area contributed by atoms with Crippen molar-refractivity contribution in [2.45, 2.75) is 25.8 Å². The van der Waals surface area contributed by atoms with Gasteiger partial charge in [-0.25, -0.2) is 0 Å². The Morgan fingerprint density at radius 2 is 2.00 bits per heavy atom. The number of benzene rings is 1. The second-order valence-electron chi connectivity index (χ2n) is 5.08. The van der Waals surface area contributed by atoms with E-state index in [2.05, 4.69) is 6.92 Å². The van der Waals surface area contributed by atoms with Gasteiger partial charge in [0.05, 0.1) is 15.6 Å². The molecule has 0 saturated carbocycles. The van der Waals surface area contributed by atoms with Crippen molar-refractivity contribution in [3.05, 3.63) is 33.8 Å². The standard InChI is InChI=1S/C14H18Cl2N2O/c1-9-5-6-10(7-17)8-18(9)14(19)13-11(15)3-2-4-12(13)16/h2-4,9-10H,5-8,17H2,1H3. The Balaban J connectivity index is 2.27. The van der Waals surface area contributed by atoms with Crippen LogP contribution in [0.4, 0.5) is 0 Å². The molecule has 2 rings (SSSR count). The zero-order valence-electron chi connectivity index (χ0n) is 10.9. The molecule has 0 bridgehead atoms. The third kappa shape index (κ3) is 3.04. The summed E-state index contributed by atoms with van der Waals surface area (Å²) in [5, 5.41) is 0.805. The molecule has 3 nitrogen and oxygen atoms in total. The van der Waals surface area contributed by atoms with E-state index in [4.69, 9.17) is 28.9 Å². The maximum atomic E-state index is 12.6. The van der Waals surface area contributed by atoms with Gasteiger partial charge in [0.15, 0.2) is 0 Å². The fraction of sp³-hybridized carbons (Fsp3) is 0.500. The van der Waals surface area contributed by atoms with Gasteiger partial charge in [-0.15, -0.1) is 0 Å². The van der Waals surface area contributed by atoms with Gasteiger partial charge in [0.1, 0.15) is 0 Å². The van der Waals surface area contributed by atoms with Crippen LogP contribution < -0.4 is 5.73 Å². The van der Waals surface area contributed by atoms with Gasteiger partial charge in [-0.05, 0) is 44.4 Å². The summed E-state index contributed by atoms with van der Waals surface area (Å²) in [6.45, 7) is 3.33. The van der Waals surface area contributed by atoms with Gasteiger partial charge >= 0.3 is 0 Å². The summed E-state index contributed by atoms with van der Waals surface area (Å²) in [6, 6.07) is 5.32. The van der Waals surface area contributed by atoms with Crippen molar-refractivity contribution >= 4 is 29.1 Å². The molecule has 1 amide bonds. The van der Waals surface area contributed by atoms with Crippen molar-refractivity contribution in [2.75, 3.05) is 13.1 Å². The smallest absolute Gasteiger partial charge is 0.257 e. The molecule has 1 aliphatic rings. The minimum Gasteiger partial charge on any atom is -0.336 e. The van der Waals surface area contributed by atoms with E-state index in [1.165, 1.54) is 0 Å². The predicted molar refractivity (Wildman–Crippen MR) is 78.7 cm³/mol. The lowest BCUT2D eigenvalue weighted by Gasteiger charge is -2.38. The third-order valence-corrected chi connectivity index (χ3v) is 4.38. The Labute approximate surface area is 123 Å². The highest BCUT2D eigenvalue weighted by Gasteiger charge is 2.30. The molecule has 0 radical (unpaired) electrons. The van der Waals surface area contributed by atoms with Gasteiger partial charge < -0.3 is 10.6 Å². The van der Waals surface area contributed by atoms with E-state index in [-0.39, 0.29) is 11.9 Å². The van der Waals surface area contributed by atoms with E-state index in [1.54, 1.807) is 18.2 Å². The maximum Gasteiger partial charge on any atom is 0.257 e. The van der Waals surface area contributed by atoms with Gasteiger partial charge in [-0.2, -0.15) is 0 Å². The average Bonchev–Trinajstić information content (AvgIpc) is 2.39. The SMILES string of the molecule is CC1CCC(CN)CN1C(=O)c1c(Cl)cccc1Cl. The number of likely N-dealkylation sites (tertiary alicyclic amines) is 1. The van der Waals surface area contributed by atoms with Gasteiger partial charge in [-0.1, -0.05) is 29.3 Å². The molecular weight excluding hydrogens is 283 g/mol. The van der Waals surface area contributed by atoms with E-state index in [9.17, 15) is 4.79 Å². The molecule has 1 fully saturated rings. The number of amides is 1. The van der Waals surface area contributed by atoms with E-state index in [0.29, 0.717) is 34.6 Å². The second kappa shape index (κ2) is 6.12. The van der Waals surface area contributed by atoms with Crippen molar-refractivity contribution < 1.29 is 4.79 Å². The van der Waals surface area contributed by atoms with Crippen molar-refractivity contribution in [1.82, 2.24) is 4.90 Å². The molecular formula is C14H18Cl2N2O. The van der Waals surface area contributed by atoms with Crippen molar-refractivity contribution in [2.24, 2.45) is 11.7 Å². The van der Waals surface area contributed by atoms with Crippen molar-refractivity contribution in [3.63, 3.8) is 0 Å². The van der Waals surface area contributed by atoms with Crippen LogP contribution in [0.5, 0.6) is 0 Å². The van der Waals surface area contributed by atoms with Crippen LogP contribution in [0.3, 0.4) is 0 Å². The van der Waals surface area contributed by atoms with Crippen LogP contribution in [0.1, 0.15) is 30.1 Å². The Morgan fingerprint density at radius 1 is 1.37 bits per heavy atom. The summed E-state index contributed by atoms with van der Waals surface area (Å²) in [5.74, 6) is 0.266. The first kappa shape index (κ1) is 14.6. The summed E-state index contributed by atoms with van der Waals surface area (Å²) < 4.78 is 0. The number of halogens is 2. The van der Waals surface area contributed by atoms with Crippen LogP contribution in [0.25, 0.3) is 0 Å². The number of hydrogen-bond donors (Lipinski definition) is 1. The molecule has 0 aliphatic carbocycles. The van der Waals surface area contributed by atoms with Gasteiger partial charge in [-0.3, -0.25) is 4.79 Å². The Hall–Kier alpha value is -0.770. The van der Waals surface area contributed by atoms with Crippen LogP contribution in [0.15, 0.2) is 18.2 Å². The lowest BCUT2D eigenvalue weighted by molar-refractivity contribution is 0.0567. The molecule has 19 heavy (non-hydrogen) atoms. The number of rotatable bonds is 2. The Kier molecular flexibility index (Phi) is 4.71. The first-order chi connectivity index (χ1) is 9.04. The number of piperidine rings is 1. The van der Waals surface area contributed by atoms with E-state index >= 15 is 0 Å². The first-order valence-corrected chi connectivity index (χ1v) is 7.25. The molecule has 5 heteroatoms. The molecule has 2 unspecified atom stereocenters. The topological polar surface area (TPSA) is 46.3 Å². The van der Waals surface area contributed by atoms with Crippen LogP contribution >= 0.6 is 23.2 Å². The van der Waals surface area contributed by atoms with E-state index in [1.807, 2.05) is 4.90 Å². The normalized spacial score (nSPS) is 23.5. The lowest BCUT2D eigenvalue weighted by Crippen LogP contribution is -2.47. The Bertz CT molecular complexity index is 458. The van der Waals surface area contributed by atoms with Crippen LogP contribution in [0, 0.1) is 5.92 Å². The van der Waals surface area contributed by atoms with Crippen LogP contribution in [-0.4, -0.2) is 29.9 Å². The molecule has 104 valence electrons. The summed E-state index contributed by atoms with van der Waals surface area (Å²) in [4.78, 5) is 14.5. The molecule has 1 saturated heterocycles. The molecule has 1 aliphatic heterocycles. The van der Waals surface area contributed by atoms with Crippen LogP contribution in [-0.2, 0) is 0 Å². The first-order valence-electron chi connectivity index (χ1n) is 6.49. The fourth-order valence-electron chi connectivity index (χ4n) is 2.50. The minimum absolute atomic E-state index is 0.0961. The average molecular weight is 301 g/mol. The number of nitrogens with zero attached hydrogens (tertiary/aromatic N) is 1. The summed E-state index contributed by atoms with van der Waals surface area (Å²) in [6.07, 6.45) is 2.04. The number of hydrogen-bond acceptors (Lipinski definition) is 2. The lowest BCUT2D eigenvalue weighted by atomic mass is 9.93. The molecule has 0 spiro atoms. The molecule has 1 aromatic rings. The van der Waals surface area contributed by atoms with E-state index in [0.717, 1.165) is 12.8 Å². The van der Waals surface area contributed by atoms with Crippen molar-refractivity contribution in [1.29, 1.82) is 0 Å². The molecule has 1 aromatic carbocycles. The second-order valence-corrected chi connectivity index (χ2v) is 5.90. The van der Waals surface area contributed by atoms with E-state index < -0.39 is 0 Å². The maximum absolute atomic E-state index is 12.6. The van der Waals surface area contributed by atoms with Crippen molar-refractivity contribution in [3.8, 4) is 0 Å². The van der Waals surface area contributed by atoms with Gasteiger partial charge in [0, 0.05) is 12.6 Å². The summed E-state index contributed by atoms with van der Waals surface area (Å²) in [7, 11) is 0. The largest absolute Gasteiger partial charge is 0.336 e. The highest BCUT2D eigenvalue weighted by molar-refractivity contribution is 6.39. The Morgan fingerprint density at radius 3 is 2.58 bits per heavy atom. The molecule has 2 atom stereocenters. The minimum atomic E-state index is -0.0961. The molecule has 2 N–H and O–H groups in total. The number of carbonyl (C=O) groups excluding carboxylic acids is 1. The zero-order valence-corrected chi connectivity index (χ0v) is 12.4. The zero-order chi connectivity index (χ0) is 14.0. The van der Waals surface area contributed by atoms with Crippen LogP contribution in [0.2, 0.25) is 10.0 Å². The highest BCUT2D eigenvalue weighted by Crippen LogP contribution is 2.29. The molecule has 1 heterocycles. The summed E-state index contributed by atoms with van der Waals surface area (Å²) in [5.41, 5.74) is 6.12. The third-order valence-electron chi connectivity index (χ3n) is 3.75. The van der Waals surface area contributed by atoms with Gasteiger partial charge in [0.2, 0.25) is 0 Å². The summed E-state index contributed by atoms with van der Waals surface area (Å²) >= 11 is 12.2. The number of carbonyl (C=O) groups is 1. The molecule has 0 aromatic heterocycles. The van der Waals surface area contributed by atoms with Gasteiger partial charge in [0.25, 0.3) is 5.91 Å². The number of nitrogens with two attached hydrogens (primary N) is 1. The fourth-order valence-corrected chi connectivity index (χ4v) is 3.06. The quantitative estimate of drug-likeness (QED) is 0.912. The predicted octanol–water partition coefficient (Wildman–Crippen LogP) is 3.19.